The number of fused-ring (bicyclic) bond motifs is 1. The van der Waals surface area contributed by atoms with E-state index in [0.717, 1.165) is 19.3 Å². The largest absolute Gasteiger partial charge is 0.462 e. The molecule has 1 saturated heterocycles. The molecule has 0 N–H and O–H groups in total. The maximum atomic E-state index is 11.1. The lowest BCUT2D eigenvalue weighted by Crippen LogP contribution is -2.19. The van der Waals surface area contributed by atoms with Gasteiger partial charge in [-0.25, -0.2) is 4.79 Å². The van der Waals surface area contributed by atoms with Crippen LogP contribution in [0.3, 0.4) is 0 Å². The number of rotatable bonds is 6. The van der Waals surface area contributed by atoms with Gasteiger partial charge in [0.2, 0.25) is 0 Å². The summed E-state index contributed by atoms with van der Waals surface area (Å²) in [7, 11) is 0. The molecule has 96 valence electrons. The van der Waals surface area contributed by atoms with E-state index in [1.54, 1.807) is 6.92 Å². The van der Waals surface area contributed by atoms with Crippen LogP contribution in [0.2, 0.25) is 0 Å². The highest BCUT2D eigenvalue weighted by Crippen LogP contribution is 2.50. The van der Waals surface area contributed by atoms with Crippen molar-refractivity contribution in [3.8, 4) is 0 Å². The first-order valence-corrected chi connectivity index (χ1v) is 6.64. The van der Waals surface area contributed by atoms with Crippen LogP contribution < -0.4 is 0 Å². The van der Waals surface area contributed by atoms with Gasteiger partial charge in [0.05, 0.1) is 18.3 Å². The molecule has 1 saturated carbocycles. The third-order valence-electron chi connectivity index (χ3n) is 3.80. The van der Waals surface area contributed by atoms with Gasteiger partial charge in [0.25, 0.3) is 0 Å². The lowest BCUT2D eigenvalue weighted by Gasteiger charge is -2.16. The van der Waals surface area contributed by atoms with E-state index in [1.807, 2.05) is 0 Å². The molecule has 0 spiro atoms. The summed E-state index contributed by atoms with van der Waals surface area (Å²) in [4.78, 5) is 11.1. The Hall–Kier alpha value is -0.830. The molecule has 17 heavy (non-hydrogen) atoms. The van der Waals surface area contributed by atoms with Gasteiger partial charge in [-0.2, -0.15) is 0 Å². The summed E-state index contributed by atoms with van der Waals surface area (Å²) in [6.07, 6.45) is 8.77. The Morgan fingerprint density at radius 1 is 1.47 bits per heavy atom. The zero-order valence-electron chi connectivity index (χ0n) is 10.7. The Morgan fingerprint density at radius 2 is 2.29 bits per heavy atom. The first-order chi connectivity index (χ1) is 8.14. The molecule has 0 radical (unpaired) electrons. The molecule has 3 heteroatoms. The number of carbonyl (C=O) groups is 1. The standard InChI is InChI=1S/C14H22O3/c1-11(2)13(15)16-10-6-5-9-14-8-4-3-7-12(14)17-14/h12H,1,3-10H2,2H3. The third kappa shape index (κ3) is 3.09. The highest BCUT2D eigenvalue weighted by molar-refractivity contribution is 5.86. The first kappa shape index (κ1) is 12.6. The predicted molar refractivity (Wildman–Crippen MR) is 65.7 cm³/mol. The molecular weight excluding hydrogens is 216 g/mol. The second-order valence-corrected chi connectivity index (χ2v) is 5.29. The molecule has 1 aliphatic heterocycles. The smallest absolute Gasteiger partial charge is 0.333 e. The molecule has 2 aliphatic rings. The number of unbranched alkanes of at least 4 members (excludes halogenated alkanes) is 1. The number of epoxide rings is 1. The van der Waals surface area contributed by atoms with Crippen molar-refractivity contribution in [2.75, 3.05) is 6.61 Å². The van der Waals surface area contributed by atoms with Crippen molar-refractivity contribution in [1.29, 1.82) is 0 Å². The Balaban J connectivity index is 1.55. The summed E-state index contributed by atoms with van der Waals surface area (Å²) in [5, 5.41) is 0. The van der Waals surface area contributed by atoms with E-state index in [0.29, 0.717) is 18.3 Å². The Morgan fingerprint density at radius 3 is 3.00 bits per heavy atom. The monoisotopic (exact) mass is 238 g/mol. The van der Waals surface area contributed by atoms with Gasteiger partial charge in [-0.05, 0) is 39.0 Å². The van der Waals surface area contributed by atoms with Gasteiger partial charge in [-0.3, -0.25) is 0 Å². The molecule has 0 bridgehead atoms. The van der Waals surface area contributed by atoms with Gasteiger partial charge in [0.15, 0.2) is 0 Å². The summed E-state index contributed by atoms with van der Waals surface area (Å²) in [5.74, 6) is -0.277. The van der Waals surface area contributed by atoms with Gasteiger partial charge >= 0.3 is 5.97 Å². The minimum absolute atomic E-state index is 0.219. The number of hydrogen-bond acceptors (Lipinski definition) is 3. The maximum absolute atomic E-state index is 11.1. The van der Waals surface area contributed by atoms with Crippen LogP contribution in [0.5, 0.6) is 0 Å². The van der Waals surface area contributed by atoms with E-state index in [-0.39, 0.29) is 11.6 Å². The summed E-state index contributed by atoms with van der Waals surface area (Å²) >= 11 is 0. The minimum atomic E-state index is -0.277. The SMILES string of the molecule is C=C(C)C(=O)OCCCCC12CCCCC1O2. The average molecular weight is 238 g/mol. The number of esters is 1. The molecule has 0 amide bonds. The van der Waals surface area contributed by atoms with Gasteiger partial charge < -0.3 is 9.47 Å². The second kappa shape index (κ2) is 5.21. The van der Waals surface area contributed by atoms with Crippen LogP contribution in [0.25, 0.3) is 0 Å². The summed E-state index contributed by atoms with van der Waals surface area (Å²) < 4.78 is 10.9. The summed E-state index contributed by atoms with van der Waals surface area (Å²) in [6.45, 7) is 5.73. The highest BCUT2D eigenvalue weighted by Gasteiger charge is 2.55. The number of carbonyl (C=O) groups excluding carboxylic acids is 1. The van der Waals surface area contributed by atoms with Crippen molar-refractivity contribution in [1.82, 2.24) is 0 Å². The van der Waals surface area contributed by atoms with Gasteiger partial charge in [0.1, 0.15) is 0 Å². The lowest BCUT2D eigenvalue weighted by molar-refractivity contribution is -0.139. The zero-order chi connectivity index (χ0) is 12.3. The fourth-order valence-corrected chi connectivity index (χ4v) is 2.70. The lowest BCUT2D eigenvalue weighted by atomic mass is 9.85. The fourth-order valence-electron chi connectivity index (χ4n) is 2.70. The Kier molecular flexibility index (Phi) is 3.87. The van der Waals surface area contributed by atoms with E-state index in [4.69, 9.17) is 9.47 Å². The zero-order valence-corrected chi connectivity index (χ0v) is 10.7. The van der Waals surface area contributed by atoms with Crippen LogP contribution in [-0.4, -0.2) is 24.3 Å². The first-order valence-electron chi connectivity index (χ1n) is 6.64. The topological polar surface area (TPSA) is 38.8 Å². The van der Waals surface area contributed by atoms with E-state index in [9.17, 15) is 4.79 Å². The van der Waals surface area contributed by atoms with Crippen molar-refractivity contribution >= 4 is 5.97 Å². The molecule has 2 atom stereocenters. The van der Waals surface area contributed by atoms with Crippen molar-refractivity contribution in [2.24, 2.45) is 0 Å². The average Bonchev–Trinajstić information content (AvgIpc) is 3.02. The van der Waals surface area contributed by atoms with E-state index < -0.39 is 0 Å². The molecule has 3 nitrogen and oxygen atoms in total. The van der Waals surface area contributed by atoms with Crippen LogP contribution in [0, 0.1) is 0 Å². The van der Waals surface area contributed by atoms with Crippen molar-refractivity contribution in [3.05, 3.63) is 12.2 Å². The van der Waals surface area contributed by atoms with E-state index in [1.165, 1.54) is 25.7 Å². The van der Waals surface area contributed by atoms with E-state index >= 15 is 0 Å². The van der Waals surface area contributed by atoms with Crippen molar-refractivity contribution in [3.63, 3.8) is 0 Å². The van der Waals surface area contributed by atoms with Crippen molar-refractivity contribution in [2.45, 2.75) is 63.6 Å². The second-order valence-electron chi connectivity index (χ2n) is 5.29. The minimum Gasteiger partial charge on any atom is -0.462 e. The maximum Gasteiger partial charge on any atom is 0.333 e. The third-order valence-corrected chi connectivity index (χ3v) is 3.80. The number of ether oxygens (including phenoxy) is 2. The van der Waals surface area contributed by atoms with Crippen LogP contribution in [-0.2, 0) is 14.3 Å². The summed E-state index contributed by atoms with van der Waals surface area (Å²) in [6, 6.07) is 0. The predicted octanol–water partition coefficient (Wildman–Crippen LogP) is 2.99. The summed E-state index contributed by atoms with van der Waals surface area (Å²) in [5.41, 5.74) is 0.692. The molecule has 0 aromatic carbocycles. The van der Waals surface area contributed by atoms with Crippen LogP contribution in [0.15, 0.2) is 12.2 Å². The molecule has 0 aromatic heterocycles. The molecule has 1 heterocycles. The highest BCUT2D eigenvalue weighted by atomic mass is 16.6. The molecule has 2 unspecified atom stereocenters. The van der Waals surface area contributed by atoms with Crippen molar-refractivity contribution < 1.29 is 14.3 Å². The van der Waals surface area contributed by atoms with Crippen LogP contribution >= 0.6 is 0 Å². The quantitative estimate of drug-likeness (QED) is 0.309. The molecular formula is C14H22O3. The Labute approximate surface area is 103 Å². The molecule has 2 fully saturated rings. The molecule has 1 aliphatic carbocycles. The van der Waals surface area contributed by atoms with Gasteiger partial charge in [-0.15, -0.1) is 0 Å². The molecule has 0 aromatic rings. The van der Waals surface area contributed by atoms with Crippen LogP contribution in [0.4, 0.5) is 0 Å². The van der Waals surface area contributed by atoms with Crippen LogP contribution in [0.1, 0.15) is 51.9 Å². The van der Waals surface area contributed by atoms with Gasteiger partial charge in [0, 0.05) is 5.57 Å². The number of hydrogen-bond donors (Lipinski definition) is 0. The fraction of sp³-hybridized carbons (Fsp3) is 0.786. The Bertz CT molecular complexity index is 311. The van der Waals surface area contributed by atoms with E-state index in [2.05, 4.69) is 6.58 Å². The molecule has 2 rings (SSSR count). The van der Waals surface area contributed by atoms with Gasteiger partial charge in [-0.1, -0.05) is 19.4 Å². The normalized spacial score (nSPS) is 30.5.